The van der Waals surface area contributed by atoms with Gasteiger partial charge in [0.2, 0.25) is 0 Å². The third-order valence-electron chi connectivity index (χ3n) is 5.82. The summed E-state index contributed by atoms with van der Waals surface area (Å²) < 4.78 is 5.47. The molecule has 4 aromatic rings. The van der Waals surface area contributed by atoms with E-state index in [1.54, 1.807) is 24.6 Å². The van der Waals surface area contributed by atoms with Crippen LogP contribution in [0.5, 0.6) is 5.75 Å². The molecule has 5 rings (SSSR count). The smallest absolute Gasteiger partial charge is 0.257 e. The van der Waals surface area contributed by atoms with Crippen LogP contribution in [0.2, 0.25) is 5.02 Å². The first-order valence-corrected chi connectivity index (χ1v) is 12.3. The summed E-state index contributed by atoms with van der Waals surface area (Å²) >= 11 is 8.34. The predicted octanol–water partition coefficient (Wildman–Crippen LogP) is 4.15. The molecular formula is C24H25ClN6O2S. The Hall–Kier alpha value is -3.14. The first kappa shape index (κ1) is 22.6. The number of pyridine rings is 1. The number of aromatic nitrogens is 3. The molecule has 1 saturated heterocycles. The van der Waals surface area contributed by atoms with E-state index in [4.69, 9.17) is 21.3 Å². The van der Waals surface area contributed by atoms with E-state index >= 15 is 0 Å². The van der Waals surface area contributed by atoms with E-state index in [0.717, 1.165) is 42.8 Å². The van der Waals surface area contributed by atoms with Crippen LogP contribution in [0, 0.1) is 0 Å². The summed E-state index contributed by atoms with van der Waals surface area (Å²) in [7, 11) is 1.58. The summed E-state index contributed by atoms with van der Waals surface area (Å²) in [4.78, 5) is 27.7. The fraction of sp³-hybridized carbons (Fsp3) is 0.292. The molecule has 1 aliphatic heterocycles. The van der Waals surface area contributed by atoms with Crippen LogP contribution in [0.25, 0.3) is 22.6 Å². The lowest BCUT2D eigenvalue weighted by Gasteiger charge is -2.17. The van der Waals surface area contributed by atoms with Crippen molar-refractivity contribution in [1.29, 1.82) is 0 Å². The third-order valence-corrected chi connectivity index (χ3v) is 6.97. The maximum atomic E-state index is 11.4. The SMILES string of the molecule is CNC(=O)COc1ccc(-c2nc3c(NC4CCN(Cc5cccs5)C4)c(Cl)cnc3[nH]2)cc1. The fourth-order valence-electron chi connectivity index (χ4n) is 4.06. The van der Waals surface area contributed by atoms with Crippen LogP contribution < -0.4 is 15.4 Å². The number of carbonyl (C=O) groups excluding carboxylic acids is 1. The summed E-state index contributed by atoms with van der Waals surface area (Å²) in [5.41, 5.74) is 3.09. The lowest BCUT2D eigenvalue weighted by molar-refractivity contribution is -0.122. The number of nitrogens with one attached hydrogen (secondary N) is 3. The maximum absolute atomic E-state index is 11.4. The number of imidazole rings is 1. The van der Waals surface area contributed by atoms with Gasteiger partial charge in [-0.05, 0) is 42.1 Å². The van der Waals surface area contributed by atoms with Gasteiger partial charge < -0.3 is 20.4 Å². The number of aromatic amines is 1. The molecule has 176 valence electrons. The molecule has 8 nitrogen and oxygen atoms in total. The summed E-state index contributed by atoms with van der Waals surface area (Å²) in [5, 5.41) is 8.82. The molecule has 4 heterocycles. The van der Waals surface area contributed by atoms with E-state index in [2.05, 4.69) is 43.0 Å². The first-order chi connectivity index (χ1) is 16.6. The molecule has 1 atom stereocenters. The Balaban J connectivity index is 1.31. The number of anilines is 1. The molecule has 1 amide bonds. The van der Waals surface area contributed by atoms with Crippen molar-refractivity contribution in [3.8, 4) is 17.1 Å². The van der Waals surface area contributed by atoms with E-state index in [-0.39, 0.29) is 12.5 Å². The van der Waals surface area contributed by atoms with Gasteiger partial charge in [-0.2, -0.15) is 0 Å². The van der Waals surface area contributed by atoms with Crippen LogP contribution in [-0.4, -0.2) is 58.5 Å². The van der Waals surface area contributed by atoms with Crippen LogP contribution in [0.15, 0.2) is 48.0 Å². The van der Waals surface area contributed by atoms with Gasteiger partial charge in [0.15, 0.2) is 12.3 Å². The lowest BCUT2D eigenvalue weighted by Crippen LogP contribution is -2.26. The quantitative estimate of drug-likeness (QED) is 0.339. The van der Waals surface area contributed by atoms with E-state index in [1.807, 2.05) is 24.3 Å². The van der Waals surface area contributed by atoms with Crippen molar-refractivity contribution in [2.24, 2.45) is 0 Å². The van der Waals surface area contributed by atoms with Crippen molar-refractivity contribution >= 4 is 45.7 Å². The van der Waals surface area contributed by atoms with Gasteiger partial charge in [0, 0.05) is 43.2 Å². The highest BCUT2D eigenvalue weighted by Crippen LogP contribution is 2.32. The van der Waals surface area contributed by atoms with Crippen LogP contribution in [0.4, 0.5) is 5.69 Å². The van der Waals surface area contributed by atoms with Crippen molar-refractivity contribution < 1.29 is 9.53 Å². The Morgan fingerprint density at radius 2 is 2.18 bits per heavy atom. The van der Waals surface area contributed by atoms with Gasteiger partial charge >= 0.3 is 0 Å². The van der Waals surface area contributed by atoms with Crippen LogP contribution in [0.3, 0.4) is 0 Å². The minimum absolute atomic E-state index is 0.0240. The number of carbonyl (C=O) groups is 1. The van der Waals surface area contributed by atoms with Crippen LogP contribution in [0.1, 0.15) is 11.3 Å². The Morgan fingerprint density at radius 3 is 2.94 bits per heavy atom. The zero-order valence-corrected chi connectivity index (χ0v) is 20.2. The Bertz CT molecular complexity index is 1270. The molecule has 1 aromatic carbocycles. The number of thiophene rings is 1. The Labute approximate surface area is 206 Å². The second-order valence-corrected chi connectivity index (χ2v) is 9.63. The van der Waals surface area contributed by atoms with E-state index in [1.165, 1.54) is 4.88 Å². The normalized spacial score (nSPS) is 16.1. The van der Waals surface area contributed by atoms with Gasteiger partial charge in [-0.15, -0.1) is 11.3 Å². The number of hydrogen-bond acceptors (Lipinski definition) is 7. The summed E-state index contributed by atoms with van der Waals surface area (Å²) in [6, 6.07) is 12.0. The molecule has 1 fully saturated rings. The van der Waals surface area contributed by atoms with Gasteiger partial charge in [0.05, 0.1) is 16.9 Å². The molecular weight excluding hydrogens is 472 g/mol. The minimum atomic E-state index is -0.179. The number of ether oxygens (including phenoxy) is 1. The van der Waals surface area contributed by atoms with Crippen molar-refractivity contribution in [2.75, 3.05) is 32.1 Å². The van der Waals surface area contributed by atoms with Gasteiger partial charge in [-0.1, -0.05) is 17.7 Å². The lowest BCUT2D eigenvalue weighted by atomic mass is 10.2. The zero-order valence-electron chi connectivity index (χ0n) is 18.7. The summed E-state index contributed by atoms with van der Waals surface area (Å²) in [5.74, 6) is 1.12. The van der Waals surface area contributed by atoms with Crippen molar-refractivity contribution in [2.45, 2.75) is 19.0 Å². The second kappa shape index (κ2) is 10.0. The highest BCUT2D eigenvalue weighted by molar-refractivity contribution is 7.09. The summed E-state index contributed by atoms with van der Waals surface area (Å²) in [6.07, 6.45) is 2.70. The standard InChI is InChI=1S/C24H25ClN6O2S/c1-26-20(32)14-33-17-6-4-15(5-7-17)23-29-22-21(19(25)11-27-24(22)30-23)28-16-8-9-31(12-16)13-18-3-2-10-34-18/h2-7,10-11,16H,8-9,12-14H2,1H3,(H,26,32)(H2,27,28,29,30). The number of H-pyrrole nitrogens is 1. The molecule has 0 saturated carbocycles. The van der Waals surface area contributed by atoms with Crippen LogP contribution >= 0.6 is 22.9 Å². The second-order valence-electron chi connectivity index (χ2n) is 8.19. The van der Waals surface area contributed by atoms with E-state index in [0.29, 0.717) is 28.3 Å². The number of hydrogen-bond donors (Lipinski definition) is 3. The number of halogens is 1. The Kier molecular flexibility index (Phi) is 6.66. The third kappa shape index (κ3) is 5.01. The molecule has 3 aromatic heterocycles. The monoisotopic (exact) mass is 496 g/mol. The molecule has 0 radical (unpaired) electrons. The topological polar surface area (TPSA) is 95.2 Å². The van der Waals surface area contributed by atoms with Gasteiger partial charge in [0.25, 0.3) is 5.91 Å². The molecule has 1 unspecified atom stereocenters. The van der Waals surface area contributed by atoms with Crippen molar-refractivity contribution in [3.63, 3.8) is 0 Å². The molecule has 0 bridgehead atoms. The molecule has 34 heavy (non-hydrogen) atoms. The molecule has 10 heteroatoms. The number of nitrogens with zero attached hydrogens (tertiary/aromatic N) is 3. The maximum Gasteiger partial charge on any atom is 0.257 e. The number of likely N-dealkylation sites (tertiary alicyclic amines) is 1. The summed E-state index contributed by atoms with van der Waals surface area (Å²) in [6.45, 7) is 2.95. The van der Waals surface area contributed by atoms with Crippen LogP contribution in [-0.2, 0) is 11.3 Å². The van der Waals surface area contributed by atoms with E-state index < -0.39 is 0 Å². The number of benzene rings is 1. The average molecular weight is 497 g/mol. The van der Waals surface area contributed by atoms with Crippen molar-refractivity contribution in [1.82, 2.24) is 25.2 Å². The van der Waals surface area contributed by atoms with Gasteiger partial charge in [-0.25, -0.2) is 9.97 Å². The van der Waals surface area contributed by atoms with Crippen molar-refractivity contribution in [3.05, 3.63) is 57.9 Å². The average Bonchev–Trinajstić information content (AvgIpc) is 3.61. The molecule has 0 aliphatic carbocycles. The first-order valence-electron chi connectivity index (χ1n) is 11.1. The van der Waals surface area contributed by atoms with Gasteiger partial charge in [0.1, 0.15) is 17.1 Å². The molecule has 3 N–H and O–H groups in total. The number of likely N-dealkylation sites (N-methyl/N-ethyl adjacent to an activating group) is 1. The number of fused-ring (bicyclic) bond motifs is 1. The minimum Gasteiger partial charge on any atom is -0.484 e. The Morgan fingerprint density at radius 1 is 1.32 bits per heavy atom. The number of rotatable bonds is 8. The highest BCUT2D eigenvalue weighted by Gasteiger charge is 2.25. The molecule has 0 spiro atoms. The molecule has 1 aliphatic rings. The number of amides is 1. The van der Waals surface area contributed by atoms with E-state index in [9.17, 15) is 4.79 Å². The zero-order chi connectivity index (χ0) is 23.5. The predicted molar refractivity (Wildman–Crippen MR) is 136 cm³/mol. The largest absolute Gasteiger partial charge is 0.484 e. The highest BCUT2D eigenvalue weighted by atomic mass is 35.5. The van der Waals surface area contributed by atoms with Gasteiger partial charge in [-0.3, -0.25) is 9.69 Å². The fourth-order valence-corrected chi connectivity index (χ4v) is 4.99.